The highest BCUT2D eigenvalue weighted by atomic mass is 16.6. The van der Waals surface area contributed by atoms with Crippen LogP contribution >= 0.6 is 0 Å². The molecule has 0 heterocycles. The lowest BCUT2D eigenvalue weighted by Crippen LogP contribution is -2.59. The van der Waals surface area contributed by atoms with Crippen LogP contribution in [0.5, 0.6) is 86.2 Å². The Kier molecular flexibility index (Phi) is 41.3. The molecule has 0 saturated carbocycles. The number of hydrogen-bond donors (Lipinski definition) is 11. The Morgan fingerprint density at radius 3 is 0.555 bits per heavy atom. The van der Waals surface area contributed by atoms with Crippen molar-refractivity contribution in [2.75, 3.05) is 139 Å². The second-order valence-corrected chi connectivity index (χ2v) is 26.7. The summed E-state index contributed by atoms with van der Waals surface area (Å²) in [6.07, 6.45) is 1.81. The molecule has 0 aliphatic heterocycles. The Morgan fingerprint density at radius 1 is 0.244 bits per heavy atom. The van der Waals surface area contributed by atoms with Crippen LogP contribution in [0.2, 0.25) is 0 Å². The molecule has 0 aliphatic rings. The molecule has 5 atom stereocenters. The minimum absolute atomic E-state index is 0.0175. The predicted octanol–water partition coefficient (Wildman–Crippen LogP) is 5.05. The number of unbranched alkanes of at least 4 members (excludes halogenated alkanes) is 5. The summed E-state index contributed by atoms with van der Waals surface area (Å²) in [4.78, 5) is 154. The first-order valence-corrected chi connectivity index (χ1v) is 38.4. The molecule has 37 heteroatoms. The van der Waals surface area contributed by atoms with Gasteiger partial charge in [-0.25, -0.2) is 0 Å². The number of nitrogens with two attached hydrogens (primary N) is 1. The maximum atomic E-state index is 15.3. The van der Waals surface area contributed by atoms with E-state index in [1.807, 2.05) is 0 Å². The van der Waals surface area contributed by atoms with Crippen LogP contribution in [0.1, 0.15) is 155 Å². The maximum Gasteiger partial charge on any atom is 0.251 e. The number of nitrogens with one attached hydrogen (secondary N) is 10. The van der Waals surface area contributed by atoms with Gasteiger partial charge < -0.3 is 130 Å². The van der Waals surface area contributed by atoms with E-state index >= 15 is 9.59 Å². The maximum absolute atomic E-state index is 15.3. The number of benzene rings is 5. The molecule has 0 unspecified atom stereocenters. The average Bonchev–Trinajstić information content (AvgIpc) is 0.841. The fourth-order valence-electron chi connectivity index (χ4n) is 12.6. The number of amides is 11. The minimum Gasteiger partial charge on any atom is -0.493 e. The van der Waals surface area contributed by atoms with Crippen LogP contribution in [-0.4, -0.2) is 235 Å². The molecular formula is C82H115N11O26. The van der Waals surface area contributed by atoms with Crippen molar-refractivity contribution in [2.24, 2.45) is 5.73 Å². The van der Waals surface area contributed by atoms with Gasteiger partial charge in [0.1, 0.15) is 30.2 Å². The van der Waals surface area contributed by atoms with Gasteiger partial charge in [0.25, 0.3) is 29.5 Å². The molecule has 11 amide bonds. The van der Waals surface area contributed by atoms with Gasteiger partial charge in [-0.15, -0.1) is 0 Å². The Labute approximate surface area is 692 Å². The number of rotatable bonds is 55. The molecule has 654 valence electrons. The first kappa shape index (κ1) is 96.9. The van der Waals surface area contributed by atoms with E-state index in [0.29, 0.717) is 12.8 Å². The summed E-state index contributed by atoms with van der Waals surface area (Å²) in [7, 11) is 21.2. The summed E-state index contributed by atoms with van der Waals surface area (Å²) >= 11 is 0. The molecule has 37 nitrogen and oxygen atoms in total. The fourth-order valence-corrected chi connectivity index (χ4v) is 12.6. The third kappa shape index (κ3) is 28.8. The lowest BCUT2D eigenvalue weighted by atomic mass is 10.0. The normalized spacial score (nSPS) is 11.9. The van der Waals surface area contributed by atoms with Crippen LogP contribution in [0, 0.1) is 0 Å². The summed E-state index contributed by atoms with van der Waals surface area (Å²) < 4.78 is 81.4. The summed E-state index contributed by atoms with van der Waals surface area (Å²) in [5, 5.41) is 27.9. The number of carbonyl (C=O) groups is 11. The van der Waals surface area contributed by atoms with Crippen LogP contribution in [0.4, 0.5) is 0 Å². The molecular weight excluding hydrogens is 1550 g/mol. The van der Waals surface area contributed by atoms with Crippen molar-refractivity contribution < 1.29 is 124 Å². The Bertz CT molecular complexity index is 4130. The molecule has 5 aromatic carbocycles. The summed E-state index contributed by atoms with van der Waals surface area (Å²) in [5.41, 5.74) is 6.89. The van der Waals surface area contributed by atoms with Gasteiger partial charge in [0.2, 0.25) is 64.2 Å². The predicted molar refractivity (Wildman–Crippen MR) is 436 cm³/mol. The quantitative estimate of drug-likeness (QED) is 0.0227. The Hall–Kier alpha value is -12.7. The van der Waals surface area contributed by atoms with Gasteiger partial charge in [0.05, 0.1) is 107 Å². The van der Waals surface area contributed by atoms with Gasteiger partial charge in [-0.05, 0) is 157 Å². The fraction of sp³-hybridized carbons (Fsp3) is 0.500. The molecule has 0 bridgehead atoms. The average molecular weight is 1670 g/mol. The zero-order valence-corrected chi connectivity index (χ0v) is 70.5. The van der Waals surface area contributed by atoms with Crippen LogP contribution < -0.4 is 130 Å². The SMILES string of the molecule is COc1cc(C(=O)NCCCC[C@H](NC(=O)[C@H](CCCCNC(=O)c2cc(OC)c(OC)c(OC)c2)NC(=O)[C@H](CCCCNC(=O)c2cc(OC)c(OC)c(OC)c2)NC(=O)[C@H](CCCCNC(=O)c2cc(OC)c(OC)c(OC)c2)NC(=O)[C@H](CCCCNC(=O)c2cc(OC)c(OC)c(OC)c2)NC(C)=O)C(N)=O)cc(OC)c1OC. The van der Waals surface area contributed by atoms with Crippen molar-refractivity contribution in [2.45, 2.75) is 133 Å². The van der Waals surface area contributed by atoms with Crippen molar-refractivity contribution in [3.05, 3.63) is 88.5 Å². The van der Waals surface area contributed by atoms with E-state index in [-0.39, 0.29) is 230 Å². The van der Waals surface area contributed by atoms with E-state index in [4.69, 9.17) is 76.8 Å². The summed E-state index contributed by atoms with van der Waals surface area (Å²) in [6, 6.07) is 7.77. The Morgan fingerprint density at radius 2 is 0.403 bits per heavy atom. The highest BCUT2D eigenvalue weighted by Crippen LogP contribution is 2.42. The van der Waals surface area contributed by atoms with Gasteiger partial charge >= 0.3 is 0 Å². The third-order valence-electron chi connectivity index (χ3n) is 18.9. The molecule has 5 rings (SSSR count). The van der Waals surface area contributed by atoms with Crippen LogP contribution in [0.15, 0.2) is 60.7 Å². The largest absolute Gasteiger partial charge is 0.493 e. The van der Waals surface area contributed by atoms with Gasteiger partial charge in [-0.3, -0.25) is 52.7 Å². The van der Waals surface area contributed by atoms with E-state index in [2.05, 4.69) is 53.2 Å². The third-order valence-corrected chi connectivity index (χ3v) is 18.9. The van der Waals surface area contributed by atoms with Crippen LogP contribution in [-0.2, 0) is 28.8 Å². The molecule has 0 saturated heterocycles. The van der Waals surface area contributed by atoms with Gasteiger partial charge in [0.15, 0.2) is 57.5 Å². The Balaban J connectivity index is 1.48. The van der Waals surface area contributed by atoms with E-state index < -0.39 is 95.2 Å². The summed E-state index contributed by atoms with van der Waals surface area (Å²) in [5.74, 6) is -3.69. The molecule has 119 heavy (non-hydrogen) atoms. The first-order chi connectivity index (χ1) is 57.2. The van der Waals surface area contributed by atoms with Crippen molar-refractivity contribution in [3.63, 3.8) is 0 Å². The molecule has 0 radical (unpaired) electrons. The van der Waals surface area contributed by atoms with Crippen molar-refractivity contribution in [3.8, 4) is 86.2 Å². The lowest BCUT2D eigenvalue weighted by Gasteiger charge is -2.27. The monoisotopic (exact) mass is 1670 g/mol. The van der Waals surface area contributed by atoms with Crippen LogP contribution in [0.25, 0.3) is 0 Å². The van der Waals surface area contributed by atoms with Gasteiger partial charge in [-0.1, -0.05) is 0 Å². The first-order valence-electron chi connectivity index (χ1n) is 38.4. The van der Waals surface area contributed by atoms with Gasteiger partial charge in [0, 0.05) is 67.5 Å². The standard InChI is InChI=1S/C82H115N11O26/c1-47(94)89-54(28-18-23-33-85-75(97)49-39-60(107-4)69(116-13)61(40-49)108-5)79(101)91-56(30-20-25-35-87-77(99)51-43-64(111-8)71(118-15)65(44-51)112-9)81(103)93-57(31-21-26-36-88-78(100)52-45-66(113-10)72(119-16)67(46-52)114-11)82(104)92-55(29-19-24-34-86-76(98)50-41-62(109-6)70(117-14)63(42-50)110-7)80(102)90-53(73(83)95)27-17-22-32-84-74(96)48-37-58(105-2)68(115-12)59(38-48)106-3/h37-46,53-57H,17-36H2,1-16H3,(H2,83,95)(H,84,96)(H,85,97)(H,86,98)(H,87,99)(H,88,100)(H,89,94)(H,90,102)(H,91,101)(H,92,104)(H,93,103)/t53-,54-,55-,56-,57-/m0/s1. The van der Waals surface area contributed by atoms with E-state index in [9.17, 15) is 43.2 Å². The molecule has 0 aromatic heterocycles. The number of hydrogen-bond acceptors (Lipinski definition) is 26. The van der Waals surface area contributed by atoms with E-state index in [1.54, 1.807) is 0 Å². The number of carbonyl (C=O) groups excluding carboxylic acids is 11. The topological polar surface area (TPSA) is 473 Å². The highest BCUT2D eigenvalue weighted by Gasteiger charge is 2.34. The molecule has 0 spiro atoms. The molecule has 12 N–H and O–H groups in total. The second kappa shape index (κ2) is 50.7. The molecule has 0 fully saturated rings. The van der Waals surface area contributed by atoms with Gasteiger partial charge in [-0.2, -0.15) is 0 Å². The molecule has 0 aliphatic carbocycles. The van der Waals surface area contributed by atoms with Crippen molar-refractivity contribution >= 4 is 65.0 Å². The zero-order chi connectivity index (χ0) is 87.7. The molecule has 5 aromatic rings. The van der Waals surface area contributed by atoms with Crippen molar-refractivity contribution in [1.29, 1.82) is 0 Å². The van der Waals surface area contributed by atoms with E-state index in [0.717, 1.165) is 0 Å². The summed E-state index contributed by atoms with van der Waals surface area (Å²) in [6.45, 7) is 1.60. The lowest BCUT2D eigenvalue weighted by molar-refractivity contribution is -0.135. The van der Waals surface area contributed by atoms with Crippen molar-refractivity contribution in [1.82, 2.24) is 53.2 Å². The number of primary amides is 1. The highest BCUT2D eigenvalue weighted by molar-refractivity contribution is 6.00. The number of ether oxygens (including phenoxy) is 15. The number of methoxy groups -OCH3 is 15. The van der Waals surface area contributed by atoms with E-state index in [1.165, 1.54) is 174 Å². The minimum atomic E-state index is -1.51. The smallest absolute Gasteiger partial charge is 0.251 e. The zero-order valence-electron chi connectivity index (χ0n) is 70.5. The van der Waals surface area contributed by atoms with Crippen LogP contribution in [0.3, 0.4) is 0 Å². The second-order valence-electron chi connectivity index (χ2n) is 26.7.